The van der Waals surface area contributed by atoms with Crippen LogP contribution in [0.2, 0.25) is 0 Å². The van der Waals surface area contributed by atoms with Gasteiger partial charge in [-0.05, 0) is 44.4 Å². The smallest absolute Gasteiger partial charge is 0.136 e. The summed E-state index contributed by atoms with van der Waals surface area (Å²) in [6.45, 7) is 9.37. The molecule has 0 aliphatic heterocycles. The SMILES string of the molecule is CC(C)[C@H](N[S+]([O-])C(C)(C)C)c1cc(F)cc(F)c1. The molecule has 1 aromatic carbocycles. The normalized spacial score (nSPS) is 15.6. The summed E-state index contributed by atoms with van der Waals surface area (Å²) in [6, 6.07) is 3.04. The molecule has 0 aromatic heterocycles. The van der Waals surface area contributed by atoms with Gasteiger partial charge in [0.2, 0.25) is 0 Å². The Labute approximate surface area is 116 Å². The second kappa shape index (κ2) is 6.20. The van der Waals surface area contributed by atoms with Gasteiger partial charge in [-0.1, -0.05) is 13.8 Å². The summed E-state index contributed by atoms with van der Waals surface area (Å²) in [5.41, 5.74) is 0.477. The van der Waals surface area contributed by atoms with Crippen LogP contribution in [0.5, 0.6) is 0 Å². The Morgan fingerprint density at radius 3 is 1.95 bits per heavy atom. The van der Waals surface area contributed by atoms with Gasteiger partial charge in [-0.2, -0.15) is 0 Å². The van der Waals surface area contributed by atoms with Gasteiger partial charge in [0.1, 0.15) is 16.4 Å². The van der Waals surface area contributed by atoms with Crippen molar-refractivity contribution in [1.82, 2.24) is 4.72 Å². The molecule has 108 valence electrons. The second-order valence-electron chi connectivity index (χ2n) is 5.92. The molecule has 0 saturated heterocycles. The van der Waals surface area contributed by atoms with E-state index in [0.29, 0.717) is 5.56 Å². The number of halogens is 2. The van der Waals surface area contributed by atoms with Crippen molar-refractivity contribution in [3.63, 3.8) is 0 Å². The van der Waals surface area contributed by atoms with Crippen molar-refractivity contribution < 1.29 is 13.3 Å². The Balaban J connectivity index is 3.01. The zero-order valence-corrected chi connectivity index (χ0v) is 12.8. The summed E-state index contributed by atoms with van der Waals surface area (Å²) in [7, 11) is 0. The molecule has 0 spiro atoms. The minimum Gasteiger partial charge on any atom is -0.598 e. The maximum absolute atomic E-state index is 13.3. The first-order valence-corrected chi connectivity index (χ1v) is 7.40. The van der Waals surface area contributed by atoms with Crippen LogP contribution in [0, 0.1) is 17.6 Å². The van der Waals surface area contributed by atoms with Crippen LogP contribution < -0.4 is 4.72 Å². The highest BCUT2D eigenvalue weighted by molar-refractivity contribution is 7.90. The molecule has 0 amide bonds. The minimum atomic E-state index is -1.30. The van der Waals surface area contributed by atoms with Gasteiger partial charge in [0.15, 0.2) is 0 Å². The van der Waals surface area contributed by atoms with Gasteiger partial charge in [0, 0.05) is 17.4 Å². The lowest BCUT2D eigenvalue weighted by molar-refractivity contribution is 0.447. The third-order valence-corrected chi connectivity index (χ3v) is 4.28. The highest BCUT2D eigenvalue weighted by atomic mass is 32.2. The molecule has 0 radical (unpaired) electrons. The van der Waals surface area contributed by atoms with Gasteiger partial charge >= 0.3 is 0 Å². The molecule has 0 bridgehead atoms. The van der Waals surface area contributed by atoms with E-state index in [9.17, 15) is 13.3 Å². The van der Waals surface area contributed by atoms with Crippen molar-refractivity contribution in [2.24, 2.45) is 5.92 Å². The van der Waals surface area contributed by atoms with Crippen molar-refractivity contribution in [3.8, 4) is 0 Å². The number of nitrogens with one attached hydrogen (secondary N) is 1. The predicted molar refractivity (Wildman–Crippen MR) is 75.0 cm³/mol. The minimum absolute atomic E-state index is 0.0625. The Hall–Kier alpha value is -0.650. The molecule has 1 N–H and O–H groups in total. The van der Waals surface area contributed by atoms with Gasteiger partial charge in [0.05, 0.1) is 6.04 Å². The third kappa shape index (κ3) is 4.75. The highest BCUT2D eigenvalue weighted by Crippen LogP contribution is 2.26. The lowest BCUT2D eigenvalue weighted by atomic mass is 9.97. The molecule has 0 saturated carbocycles. The first-order valence-electron chi connectivity index (χ1n) is 6.25. The summed E-state index contributed by atoms with van der Waals surface area (Å²) >= 11 is -1.30. The van der Waals surface area contributed by atoms with E-state index in [1.54, 1.807) is 0 Å². The zero-order chi connectivity index (χ0) is 14.8. The first kappa shape index (κ1) is 16.4. The van der Waals surface area contributed by atoms with Gasteiger partial charge in [-0.15, -0.1) is 4.72 Å². The maximum Gasteiger partial charge on any atom is 0.136 e. The molecule has 5 heteroatoms. The van der Waals surface area contributed by atoms with Crippen LogP contribution in [0.4, 0.5) is 8.78 Å². The van der Waals surface area contributed by atoms with Crippen molar-refractivity contribution in [2.75, 3.05) is 0 Å². The number of rotatable bonds is 4. The average molecular weight is 289 g/mol. The molecular weight excluding hydrogens is 268 g/mol. The number of hydrogen-bond acceptors (Lipinski definition) is 2. The number of hydrogen-bond donors (Lipinski definition) is 1. The van der Waals surface area contributed by atoms with Crippen LogP contribution in [0.15, 0.2) is 18.2 Å². The highest BCUT2D eigenvalue weighted by Gasteiger charge is 2.31. The van der Waals surface area contributed by atoms with Gasteiger partial charge in [-0.3, -0.25) is 0 Å². The van der Waals surface area contributed by atoms with Crippen LogP contribution in [-0.2, 0) is 11.4 Å². The largest absolute Gasteiger partial charge is 0.598 e. The molecule has 19 heavy (non-hydrogen) atoms. The molecule has 0 aliphatic carbocycles. The van der Waals surface area contributed by atoms with E-state index >= 15 is 0 Å². The molecule has 1 aromatic rings. The fourth-order valence-electron chi connectivity index (χ4n) is 1.64. The summed E-state index contributed by atoms with van der Waals surface area (Å²) < 4.78 is 41.2. The van der Waals surface area contributed by atoms with E-state index in [1.807, 2.05) is 34.6 Å². The van der Waals surface area contributed by atoms with Crippen LogP contribution in [0.3, 0.4) is 0 Å². The van der Waals surface area contributed by atoms with Crippen LogP contribution in [-0.4, -0.2) is 9.30 Å². The van der Waals surface area contributed by atoms with Crippen molar-refractivity contribution in [3.05, 3.63) is 35.4 Å². The molecule has 2 nitrogen and oxygen atoms in total. The van der Waals surface area contributed by atoms with Crippen molar-refractivity contribution in [1.29, 1.82) is 0 Å². The molecular formula is C14H21F2NOS. The maximum atomic E-state index is 13.3. The lowest BCUT2D eigenvalue weighted by Gasteiger charge is -2.30. The summed E-state index contributed by atoms with van der Waals surface area (Å²) in [6.07, 6.45) is 0. The average Bonchev–Trinajstić information content (AvgIpc) is 2.21. The monoisotopic (exact) mass is 289 g/mol. The standard InChI is InChI=1S/C14H21F2NOS/c1-9(2)13(17-19(18)14(3,4)5)10-6-11(15)8-12(16)7-10/h6-9,13,17H,1-5H3/t13-,19?/m0/s1. The van der Waals surface area contributed by atoms with Crippen LogP contribution >= 0.6 is 0 Å². The van der Waals surface area contributed by atoms with Crippen LogP contribution in [0.1, 0.15) is 46.2 Å². The van der Waals surface area contributed by atoms with Gasteiger partial charge in [0.25, 0.3) is 0 Å². The Morgan fingerprint density at radius 1 is 1.11 bits per heavy atom. The fraction of sp³-hybridized carbons (Fsp3) is 0.571. The molecule has 0 fully saturated rings. The summed E-state index contributed by atoms with van der Waals surface area (Å²) in [4.78, 5) is 0. The molecule has 0 heterocycles. The predicted octanol–water partition coefficient (Wildman–Crippen LogP) is 3.71. The van der Waals surface area contributed by atoms with Gasteiger partial charge in [-0.25, -0.2) is 8.78 Å². The quantitative estimate of drug-likeness (QED) is 0.858. The first-order chi connectivity index (χ1) is 8.61. The van der Waals surface area contributed by atoms with Crippen molar-refractivity contribution in [2.45, 2.75) is 45.4 Å². The molecule has 1 rings (SSSR count). The van der Waals surface area contributed by atoms with E-state index in [0.717, 1.165) is 6.07 Å². The summed E-state index contributed by atoms with van der Waals surface area (Å²) in [5, 5.41) is 0. The fourth-order valence-corrected chi connectivity index (χ4v) is 2.63. The Kier molecular flexibility index (Phi) is 5.35. The second-order valence-corrected chi connectivity index (χ2v) is 7.92. The van der Waals surface area contributed by atoms with E-state index in [2.05, 4.69) is 4.72 Å². The molecule has 2 atom stereocenters. The summed E-state index contributed by atoms with van der Waals surface area (Å²) in [5.74, 6) is -1.18. The molecule has 1 unspecified atom stereocenters. The Bertz CT molecular complexity index is 412. The van der Waals surface area contributed by atoms with E-state index in [-0.39, 0.29) is 12.0 Å². The van der Waals surface area contributed by atoms with E-state index < -0.39 is 27.7 Å². The van der Waals surface area contributed by atoms with E-state index in [1.165, 1.54) is 12.1 Å². The molecule has 0 aliphatic rings. The van der Waals surface area contributed by atoms with E-state index in [4.69, 9.17) is 0 Å². The van der Waals surface area contributed by atoms with Gasteiger partial charge < -0.3 is 4.55 Å². The lowest BCUT2D eigenvalue weighted by Crippen LogP contribution is -2.42. The number of benzene rings is 1. The van der Waals surface area contributed by atoms with Crippen molar-refractivity contribution >= 4 is 11.4 Å². The third-order valence-electron chi connectivity index (χ3n) is 2.70. The zero-order valence-electron chi connectivity index (χ0n) is 12.0. The topological polar surface area (TPSA) is 35.1 Å². The Morgan fingerprint density at radius 2 is 1.58 bits per heavy atom. The van der Waals surface area contributed by atoms with Crippen LogP contribution in [0.25, 0.3) is 0 Å².